The number of carbonyl (C=O) groups excluding carboxylic acids is 1. The maximum absolute atomic E-state index is 13.0. The van der Waals surface area contributed by atoms with Crippen LogP contribution in [0.25, 0.3) is 16.8 Å². The van der Waals surface area contributed by atoms with Crippen LogP contribution in [0.4, 0.5) is 0 Å². The average molecular weight is 375 g/mol. The monoisotopic (exact) mass is 375 g/mol. The van der Waals surface area contributed by atoms with Gasteiger partial charge < -0.3 is 10.2 Å². The Morgan fingerprint density at radius 3 is 2.54 bits per heavy atom. The van der Waals surface area contributed by atoms with E-state index in [4.69, 9.17) is 0 Å². The second-order valence-electron chi connectivity index (χ2n) is 7.20. The number of carbonyl (C=O) groups is 1. The van der Waals surface area contributed by atoms with E-state index in [0.29, 0.717) is 5.69 Å². The van der Waals surface area contributed by atoms with Gasteiger partial charge >= 0.3 is 0 Å². The van der Waals surface area contributed by atoms with Crippen LogP contribution in [0.3, 0.4) is 0 Å². The number of nitrogens with one attached hydrogen (secondary N) is 1. The Balaban J connectivity index is 1.57. The van der Waals surface area contributed by atoms with E-state index in [9.17, 15) is 4.79 Å². The molecular weight excluding hydrogens is 350 g/mol. The molecule has 28 heavy (non-hydrogen) atoms. The van der Waals surface area contributed by atoms with Crippen LogP contribution >= 0.6 is 0 Å². The van der Waals surface area contributed by atoms with Crippen molar-refractivity contribution >= 4 is 5.91 Å². The van der Waals surface area contributed by atoms with Gasteiger partial charge in [0, 0.05) is 19.1 Å². The van der Waals surface area contributed by atoms with Crippen molar-refractivity contribution < 1.29 is 4.79 Å². The van der Waals surface area contributed by atoms with Gasteiger partial charge in [-0.05, 0) is 50.1 Å². The third kappa shape index (κ3) is 3.43. The summed E-state index contributed by atoms with van der Waals surface area (Å²) in [4.78, 5) is 14.9. The molecule has 1 fully saturated rings. The molecule has 1 N–H and O–H groups in total. The summed E-state index contributed by atoms with van der Waals surface area (Å²) in [6, 6.07) is 18.6. The molecule has 1 aromatic heterocycles. The van der Waals surface area contributed by atoms with Gasteiger partial charge in [0.2, 0.25) is 0 Å². The highest BCUT2D eigenvalue weighted by Crippen LogP contribution is 2.23. The number of aromatic nitrogens is 3. The first-order valence-electron chi connectivity index (χ1n) is 9.73. The summed E-state index contributed by atoms with van der Waals surface area (Å²) in [5.41, 5.74) is 4.43. The highest BCUT2D eigenvalue weighted by atomic mass is 16.2. The molecule has 6 nitrogen and oxygen atoms in total. The topological polar surface area (TPSA) is 63.1 Å². The molecule has 0 saturated carbocycles. The Hall–Kier alpha value is -2.99. The Bertz CT molecular complexity index is 949. The molecular formula is C22H25N5O. The molecule has 0 aliphatic carbocycles. The first-order chi connectivity index (χ1) is 13.7. The van der Waals surface area contributed by atoms with Gasteiger partial charge in [0.15, 0.2) is 5.69 Å². The quantitative estimate of drug-likeness (QED) is 0.744. The van der Waals surface area contributed by atoms with Crippen molar-refractivity contribution in [2.75, 3.05) is 20.1 Å². The zero-order chi connectivity index (χ0) is 19.5. The van der Waals surface area contributed by atoms with Crippen molar-refractivity contribution in [1.82, 2.24) is 25.2 Å². The first kappa shape index (κ1) is 18.4. The van der Waals surface area contributed by atoms with Crippen molar-refractivity contribution in [2.45, 2.75) is 25.8 Å². The maximum Gasteiger partial charge on any atom is 0.276 e. The number of hydrogen-bond donors (Lipinski definition) is 1. The molecule has 0 bridgehead atoms. The Labute approximate surface area is 165 Å². The van der Waals surface area contributed by atoms with Gasteiger partial charge in [0.05, 0.1) is 11.4 Å². The van der Waals surface area contributed by atoms with Gasteiger partial charge in [-0.2, -0.15) is 0 Å². The summed E-state index contributed by atoms with van der Waals surface area (Å²) in [6.07, 6.45) is 2.06. The number of nitrogens with zero attached hydrogens (tertiary/aromatic N) is 4. The summed E-state index contributed by atoms with van der Waals surface area (Å²) in [5, 5.41) is 11.6. The molecule has 1 aliphatic heterocycles. The van der Waals surface area contributed by atoms with E-state index in [1.54, 1.807) is 4.68 Å². The second kappa shape index (κ2) is 7.94. The number of amides is 1. The van der Waals surface area contributed by atoms with Crippen LogP contribution < -0.4 is 5.32 Å². The average Bonchev–Trinajstić information content (AvgIpc) is 3.35. The number of benzene rings is 2. The molecule has 1 saturated heterocycles. The molecule has 1 unspecified atom stereocenters. The number of hydrogen-bond acceptors (Lipinski definition) is 4. The Morgan fingerprint density at radius 1 is 1.11 bits per heavy atom. The molecule has 0 radical (unpaired) electrons. The lowest BCUT2D eigenvalue weighted by molar-refractivity contribution is 0.0730. The van der Waals surface area contributed by atoms with Crippen molar-refractivity contribution in [1.29, 1.82) is 0 Å². The molecule has 2 aromatic carbocycles. The van der Waals surface area contributed by atoms with Crippen LogP contribution in [0.15, 0.2) is 54.6 Å². The maximum atomic E-state index is 13.0. The van der Waals surface area contributed by atoms with Crippen molar-refractivity contribution in [2.24, 2.45) is 0 Å². The van der Waals surface area contributed by atoms with Crippen LogP contribution in [0.1, 0.15) is 29.0 Å². The van der Waals surface area contributed by atoms with Gasteiger partial charge in [-0.3, -0.25) is 4.79 Å². The van der Waals surface area contributed by atoms with Crippen LogP contribution in [0, 0.1) is 6.92 Å². The zero-order valence-corrected chi connectivity index (χ0v) is 16.3. The minimum Gasteiger partial charge on any atom is -0.333 e. The van der Waals surface area contributed by atoms with Crippen LogP contribution in [0.5, 0.6) is 0 Å². The molecule has 1 aliphatic rings. The van der Waals surface area contributed by atoms with E-state index in [-0.39, 0.29) is 11.9 Å². The fourth-order valence-corrected chi connectivity index (χ4v) is 3.88. The minimum absolute atomic E-state index is 0.0256. The standard InChI is InChI=1S/C22H25N5O/c1-16-21(22(28)26-14-6-9-20(26)15-23-2)24-25-27(16)19-12-10-18(11-13-19)17-7-4-3-5-8-17/h3-5,7-8,10-13,20,23H,6,9,14-15H2,1-2H3. The number of rotatable bonds is 5. The smallest absolute Gasteiger partial charge is 0.276 e. The Kier molecular flexibility index (Phi) is 5.21. The molecule has 144 valence electrons. The van der Waals surface area contributed by atoms with Gasteiger partial charge in [-0.1, -0.05) is 47.7 Å². The predicted octanol–water partition coefficient (Wildman–Crippen LogP) is 3.07. The number of likely N-dealkylation sites (N-methyl/N-ethyl adjacent to an activating group) is 1. The van der Waals surface area contributed by atoms with Gasteiger partial charge in [0.1, 0.15) is 0 Å². The van der Waals surface area contributed by atoms with E-state index >= 15 is 0 Å². The van der Waals surface area contributed by atoms with Gasteiger partial charge in [-0.15, -0.1) is 5.10 Å². The molecule has 4 rings (SSSR count). The van der Waals surface area contributed by atoms with Crippen molar-refractivity contribution in [3.05, 3.63) is 66.0 Å². The fraction of sp³-hybridized carbons (Fsp3) is 0.318. The van der Waals surface area contributed by atoms with E-state index in [1.165, 1.54) is 5.56 Å². The summed E-state index contributed by atoms with van der Waals surface area (Å²) in [6.45, 7) is 3.49. The molecule has 6 heteroatoms. The summed E-state index contributed by atoms with van der Waals surface area (Å²) in [5.74, 6) is -0.0256. The minimum atomic E-state index is -0.0256. The lowest BCUT2D eigenvalue weighted by Crippen LogP contribution is -2.41. The highest BCUT2D eigenvalue weighted by Gasteiger charge is 2.31. The third-order valence-electron chi connectivity index (χ3n) is 5.39. The fourth-order valence-electron chi connectivity index (χ4n) is 3.88. The summed E-state index contributed by atoms with van der Waals surface area (Å²) < 4.78 is 1.74. The SMILES string of the molecule is CNCC1CCCN1C(=O)c1nnn(-c2ccc(-c3ccccc3)cc2)c1C. The summed E-state index contributed by atoms with van der Waals surface area (Å²) >= 11 is 0. The lowest BCUT2D eigenvalue weighted by atomic mass is 10.1. The zero-order valence-electron chi connectivity index (χ0n) is 16.3. The van der Waals surface area contributed by atoms with E-state index in [1.807, 2.05) is 49.2 Å². The van der Waals surface area contributed by atoms with E-state index in [2.05, 4.69) is 39.9 Å². The molecule has 1 amide bonds. The molecule has 2 heterocycles. The van der Waals surface area contributed by atoms with Gasteiger partial charge in [-0.25, -0.2) is 4.68 Å². The Morgan fingerprint density at radius 2 is 1.82 bits per heavy atom. The van der Waals surface area contributed by atoms with Crippen molar-refractivity contribution in [3.8, 4) is 16.8 Å². The number of likely N-dealkylation sites (tertiary alicyclic amines) is 1. The molecule has 0 spiro atoms. The van der Waals surface area contributed by atoms with Crippen LogP contribution in [-0.4, -0.2) is 52.0 Å². The van der Waals surface area contributed by atoms with Crippen molar-refractivity contribution in [3.63, 3.8) is 0 Å². The molecule has 1 atom stereocenters. The largest absolute Gasteiger partial charge is 0.333 e. The van der Waals surface area contributed by atoms with Crippen LogP contribution in [0.2, 0.25) is 0 Å². The first-order valence-corrected chi connectivity index (χ1v) is 9.73. The van der Waals surface area contributed by atoms with E-state index in [0.717, 1.165) is 42.9 Å². The van der Waals surface area contributed by atoms with Gasteiger partial charge in [0.25, 0.3) is 5.91 Å². The van der Waals surface area contributed by atoms with Crippen LogP contribution in [-0.2, 0) is 0 Å². The lowest BCUT2D eigenvalue weighted by Gasteiger charge is -2.23. The predicted molar refractivity (Wildman–Crippen MR) is 110 cm³/mol. The normalized spacial score (nSPS) is 16.5. The van der Waals surface area contributed by atoms with E-state index < -0.39 is 0 Å². The third-order valence-corrected chi connectivity index (χ3v) is 5.39. The summed E-state index contributed by atoms with van der Waals surface area (Å²) in [7, 11) is 1.92. The molecule has 3 aromatic rings. The second-order valence-corrected chi connectivity index (χ2v) is 7.20. The highest BCUT2D eigenvalue weighted by molar-refractivity contribution is 5.93.